The minimum absolute atomic E-state index is 0.374. The van der Waals surface area contributed by atoms with Crippen molar-refractivity contribution < 1.29 is 0 Å². The molecule has 66 heavy (non-hydrogen) atoms. The topological polar surface area (TPSA) is 61.2 Å². The lowest BCUT2D eigenvalue weighted by Crippen LogP contribution is -2.53. The number of benzene rings is 5. The molecule has 0 amide bonds. The summed E-state index contributed by atoms with van der Waals surface area (Å²) in [6.07, 6.45) is 6.86. The minimum atomic E-state index is -2.02. The molecule has 0 saturated carbocycles. The number of allylic oxidation sites excluding steroid dienone is 2. The molecule has 5 aromatic carbocycles. The summed E-state index contributed by atoms with van der Waals surface area (Å²) in [6.45, 7) is 14.3. The first-order valence-electron chi connectivity index (χ1n) is 22.9. The summed E-state index contributed by atoms with van der Waals surface area (Å²) >= 11 is 0. The highest BCUT2D eigenvalue weighted by atomic mass is 28.3. The summed E-state index contributed by atoms with van der Waals surface area (Å²) in [7, 11) is 19.5. The summed E-state index contributed by atoms with van der Waals surface area (Å²) < 4.78 is 0. The first-order chi connectivity index (χ1) is 30.9. The van der Waals surface area contributed by atoms with E-state index in [4.69, 9.17) is 4.99 Å². The second-order valence-electron chi connectivity index (χ2n) is 20.4. The number of rotatable bonds is 11. The molecule has 0 saturated heterocycles. The Bertz CT molecular complexity index is 2540. The van der Waals surface area contributed by atoms with Crippen LogP contribution in [-0.4, -0.2) is 125 Å². The number of hydrogen-bond donors (Lipinski definition) is 0. The fourth-order valence-electron chi connectivity index (χ4n) is 8.44. The molecule has 1 aliphatic heterocycles. The highest BCUT2D eigenvalue weighted by Crippen LogP contribution is 2.33. The van der Waals surface area contributed by atoms with Crippen molar-refractivity contribution in [2.24, 2.45) is 10.2 Å². The molecule has 5 aromatic rings. The van der Waals surface area contributed by atoms with E-state index in [0.29, 0.717) is 11.7 Å². The Labute approximate surface area is 400 Å². The van der Waals surface area contributed by atoms with Crippen LogP contribution in [0.5, 0.6) is 0 Å². The van der Waals surface area contributed by atoms with Crippen molar-refractivity contribution in [1.29, 1.82) is 0 Å². The number of fused-ring (bicyclic) bond motifs is 2. The number of nitroso groups, excluding NO2 is 1. The van der Waals surface area contributed by atoms with E-state index in [0.717, 1.165) is 16.6 Å². The third kappa shape index (κ3) is 11.5. The molecule has 9 nitrogen and oxygen atoms in total. The van der Waals surface area contributed by atoms with Crippen molar-refractivity contribution in [3.05, 3.63) is 138 Å². The van der Waals surface area contributed by atoms with Gasteiger partial charge in [-0.3, -0.25) is 4.90 Å². The molecule has 0 radical (unpaired) electrons. The fraction of sp³-hybridized carbons (Fsp3) is 0.352. The maximum Gasteiger partial charge on any atom is 0.117 e. The van der Waals surface area contributed by atoms with Gasteiger partial charge in [0, 0.05) is 105 Å². The van der Waals surface area contributed by atoms with Crippen molar-refractivity contribution in [2.45, 2.75) is 45.3 Å². The largest absolute Gasteiger partial charge is 0.378 e. The molecule has 1 unspecified atom stereocenters. The van der Waals surface area contributed by atoms with Gasteiger partial charge in [-0.1, -0.05) is 103 Å². The molecule has 350 valence electrons. The zero-order valence-electron chi connectivity index (χ0n) is 43.2. The van der Waals surface area contributed by atoms with E-state index in [1.165, 1.54) is 54.4 Å². The summed E-state index contributed by atoms with van der Waals surface area (Å²) in [6, 6.07) is 39.5. The van der Waals surface area contributed by atoms with Gasteiger partial charge in [0.1, 0.15) is 29.9 Å². The van der Waals surface area contributed by atoms with Gasteiger partial charge in [-0.2, -0.15) is 0 Å². The zero-order chi connectivity index (χ0) is 48.9. The highest BCUT2D eigenvalue weighted by molar-refractivity contribution is 7.02. The summed E-state index contributed by atoms with van der Waals surface area (Å²) in [5.41, 5.74) is 8.96. The average Bonchev–Trinajstić information content (AvgIpc) is 3.29. The van der Waals surface area contributed by atoms with E-state index < -0.39 is 24.2 Å². The molecular formula is C54H76N8OSi3. The van der Waals surface area contributed by atoms with Crippen LogP contribution in [0.4, 0.5) is 39.8 Å². The molecule has 1 aliphatic carbocycles. The Morgan fingerprint density at radius 1 is 0.530 bits per heavy atom. The Morgan fingerprint density at radius 2 is 0.955 bits per heavy atom. The lowest BCUT2D eigenvalue weighted by Gasteiger charge is -2.36. The number of hydrogen-bond acceptors (Lipinski definition) is 9. The van der Waals surface area contributed by atoms with Crippen LogP contribution < -0.4 is 50.4 Å². The Kier molecular flexibility index (Phi) is 16.3. The van der Waals surface area contributed by atoms with Gasteiger partial charge in [-0.05, 0) is 114 Å². The van der Waals surface area contributed by atoms with Crippen LogP contribution in [0.2, 0.25) is 39.3 Å². The van der Waals surface area contributed by atoms with Crippen LogP contribution in [0.15, 0.2) is 143 Å². The van der Waals surface area contributed by atoms with Gasteiger partial charge in [-0.15, -0.1) is 4.91 Å². The van der Waals surface area contributed by atoms with E-state index in [-0.39, 0.29) is 0 Å². The van der Waals surface area contributed by atoms with Gasteiger partial charge < -0.3 is 24.5 Å². The Morgan fingerprint density at radius 3 is 1.39 bits per heavy atom. The molecule has 0 spiro atoms. The third-order valence-corrected chi connectivity index (χ3v) is 23.8. The predicted molar refractivity (Wildman–Crippen MR) is 302 cm³/mol. The van der Waals surface area contributed by atoms with Crippen LogP contribution in [0, 0.1) is 4.91 Å². The van der Waals surface area contributed by atoms with E-state index in [2.05, 4.69) is 246 Å². The lowest BCUT2D eigenvalue weighted by molar-refractivity contribution is 0.391. The van der Waals surface area contributed by atoms with Crippen molar-refractivity contribution in [3.8, 4) is 0 Å². The molecular weight excluding hydrogens is 861 g/mol. The van der Waals surface area contributed by atoms with Gasteiger partial charge in [0.2, 0.25) is 0 Å². The van der Waals surface area contributed by atoms with Crippen molar-refractivity contribution in [2.75, 3.05) is 109 Å². The normalized spacial score (nSPS) is 14.8. The second kappa shape index (κ2) is 21.0. The molecule has 12 heteroatoms. The fourth-order valence-corrected chi connectivity index (χ4v) is 16.4. The number of anilines is 5. The minimum Gasteiger partial charge on any atom is -0.378 e. The summed E-state index contributed by atoms with van der Waals surface area (Å²) in [5, 5.41) is 11.5. The van der Waals surface area contributed by atoms with Crippen molar-refractivity contribution in [1.82, 2.24) is 4.90 Å². The van der Waals surface area contributed by atoms with E-state index in [1.807, 2.05) is 40.3 Å². The van der Waals surface area contributed by atoms with E-state index in [9.17, 15) is 4.91 Å². The highest BCUT2D eigenvalue weighted by Gasteiger charge is 2.38. The van der Waals surface area contributed by atoms with Crippen LogP contribution >= 0.6 is 0 Å². The Balaban J connectivity index is 0.000000186. The predicted octanol–water partition coefficient (Wildman–Crippen LogP) is 8.40. The molecule has 0 bridgehead atoms. The molecule has 0 fully saturated rings. The molecule has 0 N–H and O–H groups in total. The lowest BCUT2D eigenvalue weighted by atomic mass is 10.1. The zero-order valence-corrected chi connectivity index (χ0v) is 46.2. The third-order valence-electron chi connectivity index (χ3n) is 13.3. The smallest absolute Gasteiger partial charge is 0.117 e. The van der Waals surface area contributed by atoms with Gasteiger partial charge in [0.15, 0.2) is 0 Å². The molecule has 2 aliphatic rings. The van der Waals surface area contributed by atoms with Crippen LogP contribution in [0.3, 0.4) is 0 Å². The van der Waals surface area contributed by atoms with Gasteiger partial charge in [0.25, 0.3) is 0 Å². The van der Waals surface area contributed by atoms with Crippen molar-refractivity contribution in [3.63, 3.8) is 0 Å². The quantitative estimate of drug-likeness (QED) is 0.0975. The SMILES string of the molecule is CN(C)c1ccc2c(c1)[Si](C)(C)C1=CC(N(C)C)C=CC1=N2.CN(C)c1cccc([Si](C)(C)c2cc(N(C)C)ccc2N=O)c1.CN(C)c1cccc([Si](C)(C)c2cccc(N(C)C)c2)c1. The molecule has 1 atom stereocenters. The average molecular weight is 938 g/mol. The maximum absolute atomic E-state index is 11.3. The summed E-state index contributed by atoms with van der Waals surface area (Å²) in [5.74, 6) is 0. The van der Waals surface area contributed by atoms with Crippen molar-refractivity contribution >= 4 is 95.7 Å². The second-order valence-corrected chi connectivity index (χ2v) is 33.5. The van der Waals surface area contributed by atoms with E-state index in [1.54, 1.807) is 0 Å². The number of aliphatic imine (C=N–C) groups is 1. The van der Waals surface area contributed by atoms with Gasteiger partial charge in [-0.25, -0.2) is 4.99 Å². The van der Waals surface area contributed by atoms with Gasteiger partial charge >= 0.3 is 0 Å². The molecule has 1 heterocycles. The standard InChI is InChI=1S/C18H25N3OSi.C18H25N3Si.C18H26N2Si/c1-20(2)14-8-7-9-16(12-14)23(5,6)18-13-15(21(3)4)10-11-17(18)19-22;1-20(2)13-7-9-15-17(11-13)22(5,6)18-12-14(21(3)4)8-10-16(18)19-15;1-19(2)15-9-7-11-17(13-15)21(5,6)18-12-8-10-16(14-18)20(3)4/h7-13H,1-6H3;7-13H,1-6H3;7-14H,1-6H3. The molecule has 7 rings (SSSR count). The van der Waals surface area contributed by atoms with Crippen LogP contribution in [0.25, 0.3) is 0 Å². The van der Waals surface area contributed by atoms with E-state index >= 15 is 0 Å². The van der Waals surface area contributed by atoms with Gasteiger partial charge in [0.05, 0.1) is 11.4 Å². The number of nitrogens with zero attached hydrogens (tertiary/aromatic N) is 8. The van der Waals surface area contributed by atoms with Crippen LogP contribution in [-0.2, 0) is 0 Å². The van der Waals surface area contributed by atoms with Crippen LogP contribution in [0.1, 0.15) is 0 Å². The molecule has 0 aromatic heterocycles. The first-order valence-corrected chi connectivity index (χ1v) is 31.9. The Hall–Kier alpha value is -5.54. The number of likely N-dealkylation sites (N-methyl/N-ethyl adjacent to an activating group) is 1. The maximum atomic E-state index is 11.3. The monoisotopic (exact) mass is 937 g/mol. The first kappa shape index (κ1) is 51.4. The summed E-state index contributed by atoms with van der Waals surface area (Å²) in [4.78, 5) is 29.1.